The SMILES string of the molecule is CCOC(=O)/C(=C/C1CCOCC1)c1ccc(S(=O)(=O)C2CC2)cc1. The van der Waals surface area contributed by atoms with Gasteiger partial charge in [-0.2, -0.15) is 0 Å². The van der Waals surface area contributed by atoms with Crippen molar-refractivity contribution in [3.8, 4) is 0 Å². The van der Waals surface area contributed by atoms with Crippen LogP contribution in [0.25, 0.3) is 5.57 Å². The van der Waals surface area contributed by atoms with Gasteiger partial charge in [0.1, 0.15) is 0 Å². The molecule has 0 unspecified atom stereocenters. The van der Waals surface area contributed by atoms with E-state index >= 15 is 0 Å². The monoisotopic (exact) mass is 364 g/mol. The number of esters is 1. The fourth-order valence-corrected chi connectivity index (χ4v) is 4.66. The number of sulfone groups is 1. The zero-order chi connectivity index (χ0) is 17.9. The highest BCUT2D eigenvalue weighted by Gasteiger charge is 2.36. The van der Waals surface area contributed by atoms with E-state index in [1.807, 2.05) is 6.08 Å². The van der Waals surface area contributed by atoms with Gasteiger partial charge in [0.05, 0.1) is 22.3 Å². The van der Waals surface area contributed by atoms with Crippen LogP contribution < -0.4 is 0 Å². The van der Waals surface area contributed by atoms with Crippen molar-refractivity contribution in [2.24, 2.45) is 5.92 Å². The zero-order valence-corrected chi connectivity index (χ0v) is 15.3. The first-order chi connectivity index (χ1) is 12.0. The van der Waals surface area contributed by atoms with Crippen LogP contribution in [-0.2, 0) is 24.1 Å². The summed E-state index contributed by atoms with van der Waals surface area (Å²) in [6.45, 7) is 3.46. The smallest absolute Gasteiger partial charge is 0.338 e. The molecular formula is C19H24O5S. The van der Waals surface area contributed by atoms with E-state index in [0.29, 0.717) is 35.9 Å². The van der Waals surface area contributed by atoms with Crippen LogP contribution in [0.2, 0.25) is 0 Å². The molecule has 1 aromatic rings. The first kappa shape index (κ1) is 18.1. The topological polar surface area (TPSA) is 69.7 Å². The lowest BCUT2D eigenvalue weighted by molar-refractivity contribution is -0.136. The lowest BCUT2D eigenvalue weighted by atomic mass is 9.94. The summed E-state index contributed by atoms with van der Waals surface area (Å²) < 4.78 is 35.2. The van der Waals surface area contributed by atoms with Crippen LogP contribution in [0.15, 0.2) is 35.2 Å². The minimum absolute atomic E-state index is 0.236. The molecule has 0 N–H and O–H groups in total. The van der Waals surface area contributed by atoms with E-state index < -0.39 is 9.84 Å². The van der Waals surface area contributed by atoms with Crippen LogP contribution in [0.4, 0.5) is 0 Å². The molecule has 0 spiro atoms. The standard InChI is InChI=1S/C19H24O5S/c1-2-24-19(20)18(13-14-9-11-23-12-10-14)15-3-5-16(6-4-15)25(21,22)17-7-8-17/h3-6,13-14,17H,2,7-12H2,1H3/b18-13+. The Balaban J connectivity index is 1.87. The van der Waals surface area contributed by atoms with Gasteiger partial charge in [-0.05, 0) is 56.2 Å². The summed E-state index contributed by atoms with van der Waals surface area (Å²) in [6, 6.07) is 6.61. The van der Waals surface area contributed by atoms with Gasteiger partial charge < -0.3 is 9.47 Å². The zero-order valence-electron chi connectivity index (χ0n) is 14.4. The van der Waals surface area contributed by atoms with Gasteiger partial charge in [-0.15, -0.1) is 0 Å². The molecule has 3 rings (SSSR count). The Morgan fingerprint density at radius 3 is 2.36 bits per heavy atom. The van der Waals surface area contributed by atoms with Gasteiger partial charge in [0.25, 0.3) is 0 Å². The quantitative estimate of drug-likeness (QED) is 0.573. The predicted octanol–water partition coefficient (Wildman–Crippen LogP) is 3.00. The van der Waals surface area contributed by atoms with E-state index in [4.69, 9.17) is 9.47 Å². The Morgan fingerprint density at radius 2 is 1.80 bits per heavy atom. The number of hydrogen-bond donors (Lipinski definition) is 0. The van der Waals surface area contributed by atoms with Crippen LogP contribution in [0, 0.1) is 5.92 Å². The minimum atomic E-state index is -3.22. The Bertz CT molecular complexity index is 739. The normalized spacial score (nSPS) is 19.6. The number of allylic oxidation sites excluding steroid dienone is 1. The Labute approximate surface area is 148 Å². The maximum Gasteiger partial charge on any atom is 0.338 e. The van der Waals surface area contributed by atoms with Crippen LogP contribution in [-0.4, -0.2) is 39.5 Å². The van der Waals surface area contributed by atoms with Gasteiger partial charge in [0, 0.05) is 13.2 Å². The van der Waals surface area contributed by atoms with E-state index in [9.17, 15) is 13.2 Å². The molecule has 1 saturated heterocycles. The number of benzene rings is 1. The summed E-state index contributed by atoms with van der Waals surface area (Å²) in [5.41, 5.74) is 1.20. The molecule has 1 aromatic carbocycles. The number of ether oxygens (including phenoxy) is 2. The Hall–Kier alpha value is -1.66. The summed E-state index contributed by atoms with van der Waals surface area (Å²) in [5, 5.41) is -0.236. The third-order valence-corrected chi connectivity index (χ3v) is 6.90. The molecule has 1 aliphatic heterocycles. The van der Waals surface area contributed by atoms with E-state index in [-0.39, 0.29) is 17.1 Å². The van der Waals surface area contributed by atoms with Gasteiger partial charge in [-0.25, -0.2) is 13.2 Å². The third kappa shape index (κ3) is 4.30. The molecule has 0 aromatic heterocycles. The van der Waals surface area contributed by atoms with Crippen molar-refractivity contribution in [2.75, 3.05) is 19.8 Å². The molecule has 1 aliphatic carbocycles. The first-order valence-electron chi connectivity index (χ1n) is 8.83. The molecule has 6 heteroatoms. The molecule has 0 bridgehead atoms. The van der Waals surface area contributed by atoms with Crippen molar-refractivity contribution in [3.63, 3.8) is 0 Å². The molecule has 2 aliphatic rings. The van der Waals surface area contributed by atoms with Crippen molar-refractivity contribution >= 4 is 21.4 Å². The van der Waals surface area contributed by atoms with E-state index in [2.05, 4.69) is 0 Å². The maximum atomic E-state index is 12.4. The van der Waals surface area contributed by atoms with E-state index in [1.54, 1.807) is 31.2 Å². The van der Waals surface area contributed by atoms with Gasteiger partial charge in [0.15, 0.2) is 9.84 Å². The second-order valence-electron chi connectivity index (χ2n) is 6.52. The summed E-state index contributed by atoms with van der Waals surface area (Å²) in [4.78, 5) is 12.7. The van der Waals surface area contributed by atoms with Gasteiger partial charge in [-0.1, -0.05) is 18.2 Å². The highest BCUT2D eigenvalue weighted by molar-refractivity contribution is 7.92. The van der Waals surface area contributed by atoms with Crippen molar-refractivity contribution < 1.29 is 22.7 Å². The van der Waals surface area contributed by atoms with Crippen LogP contribution in [0.3, 0.4) is 0 Å². The molecular weight excluding hydrogens is 340 g/mol. The lowest BCUT2D eigenvalue weighted by Crippen LogP contribution is -2.16. The Morgan fingerprint density at radius 1 is 1.16 bits per heavy atom. The fraction of sp³-hybridized carbons (Fsp3) is 0.526. The van der Waals surface area contributed by atoms with Crippen LogP contribution >= 0.6 is 0 Å². The molecule has 25 heavy (non-hydrogen) atoms. The van der Waals surface area contributed by atoms with Crippen molar-refractivity contribution in [2.45, 2.75) is 42.8 Å². The fourth-order valence-electron chi connectivity index (χ4n) is 3.00. The van der Waals surface area contributed by atoms with Crippen molar-refractivity contribution in [3.05, 3.63) is 35.9 Å². The molecule has 136 valence electrons. The number of hydrogen-bond acceptors (Lipinski definition) is 5. The van der Waals surface area contributed by atoms with Crippen molar-refractivity contribution in [1.29, 1.82) is 0 Å². The average Bonchev–Trinajstić information content (AvgIpc) is 3.46. The summed E-state index contributed by atoms with van der Waals surface area (Å²) in [7, 11) is -3.22. The summed E-state index contributed by atoms with van der Waals surface area (Å²) >= 11 is 0. The predicted molar refractivity (Wildman–Crippen MR) is 94.8 cm³/mol. The van der Waals surface area contributed by atoms with E-state index in [0.717, 1.165) is 25.7 Å². The number of carbonyl (C=O) groups is 1. The second kappa shape index (κ2) is 7.70. The van der Waals surface area contributed by atoms with E-state index in [1.165, 1.54) is 0 Å². The van der Waals surface area contributed by atoms with Gasteiger partial charge in [-0.3, -0.25) is 0 Å². The molecule has 0 amide bonds. The van der Waals surface area contributed by atoms with Crippen LogP contribution in [0.5, 0.6) is 0 Å². The number of carbonyl (C=O) groups excluding carboxylic acids is 1. The summed E-state index contributed by atoms with van der Waals surface area (Å²) in [6.07, 6.45) is 5.17. The second-order valence-corrected chi connectivity index (χ2v) is 8.75. The van der Waals surface area contributed by atoms with Gasteiger partial charge in [0.2, 0.25) is 0 Å². The largest absolute Gasteiger partial charge is 0.462 e. The molecule has 1 saturated carbocycles. The lowest BCUT2D eigenvalue weighted by Gasteiger charge is -2.20. The van der Waals surface area contributed by atoms with Crippen molar-refractivity contribution in [1.82, 2.24) is 0 Å². The molecule has 0 atom stereocenters. The molecule has 1 heterocycles. The maximum absolute atomic E-state index is 12.4. The molecule has 0 radical (unpaired) electrons. The highest BCUT2D eigenvalue weighted by atomic mass is 32.2. The highest BCUT2D eigenvalue weighted by Crippen LogP contribution is 2.34. The number of rotatable bonds is 6. The van der Waals surface area contributed by atoms with Crippen LogP contribution in [0.1, 0.15) is 38.2 Å². The average molecular weight is 364 g/mol. The van der Waals surface area contributed by atoms with Gasteiger partial charge >= 0.3 is 5.97 Å². The first-order valence-corrected chi connectivity index (χ1v) is 10.4. The molecule has 2 fully saturated rings. The summed E-state index contributed by atoms with van der Waals surface area (Å²) in [5.74, 6) is -0.102. The Kier molecular flexibility index (Phi) is 5.59. The minimum Gasteiger partial charge on any atom is -0.462 e. The third-order valence-electron chi connectivity index (χ3n) is 4.62. The molecule has 5 nitrogen and oxygen atoms in total.